The molecule has 6 unspecified atom stereocenters. The van der Waals surface area contributed by atoms with Gasteiger partial charge in [0.2, 0.25) is 0 Å². The number of benzene rings is 2. The minimum atomic E-state index is -0.683. The van der Waals surface area contributed by atoms with E-state index in [9.17, 15) is 9.59 Å². The van der Waals surface area contributed by atoms with Crippen molar-refractivity contribution in [3.05, 3.63) is 110 Å². The summed E-state index contributed by atoms with van der Waals surface area (Å²) in [5, 5.41) is 4.41. The highest BCUT2D eigenvalue weighted by Gasteiger charge is 2.41. The first-order valence-electron chi connectivity index (χ1n) is 17.7. The number of nitrogens with one attached hydrogen (secondary N) is 1. The summed E-state index contributed by atoms with van der Waals surface area (Å²) >= 11 is 14.7. The molecular formula is C40H46Cl2N3O6S+. The molecule has 0 saturated carbocycles. The molecule has 0 spiro atoms. The van der Waals surface area contributed by atoms with Crippen LogP contribution in [-0.4, -0.2) is 62.8 Å². The van der Waals surface area contributed by atoms with E-state index in [1.165, 1.54) is 0 Å². The Labute approximate surface area is 319 Å². The maximum absolute atomic E-state index is 13.6. The van der Waals surface area contributed by atoms with Gasteiger partial charge in [-0.2, -0.15) is 0 Å². The van der Waals surface area contributed by atoms with E-state index in [4.69, 9.17) is 42.1 Å². The Hall–Kier alpha value is -3.67. The Kier molecular flexibility index (Phi) is 12.8. The molecule has 7 rings (SSSR count). The van der Waals surface area contributed by atoms with Crippen molar-refractivity contribution in [3.63, 3.8) is 0 Å². The van der Waals surface area contributed by atoms with Crippen LogP contribution in [0.15, 0.2) is 73.1 Å². The van der Waals surface area contributed by atoms with E-state index in [2.05, 4.69) is 17.1 Å². The van der Waals surface area contributed by atoms with E-state index in [1.807, 2.05) is 55.6 Å². The number of aromatic nitrogens is 1. The number of carbonyl (C=O) groups is 2. The van der Waals surface area contributed by atoms with Crippen molar-refractivity contribution in [2.75, 3.05) is 33.9 Å². The third kappa shape index (κ3) is 9.27. The van der Waals surface area contributed by atoms with Crippen molar-refractivity contribution in [1.82, 2.24) is 10.2 Å². The highest BCUT2D eigenvalue weighted by atomic mass is 35.5. The van der Waals surface area contributed by atoms with E-state index in [0.717, 1.165) is 46.8 Å². The molecule has 12 heteroatoms. The molecule has 5 heterocycles. The Bertz CT molecular complexity index is 1830. The molecule has 4 aromatic rings. The van der Waals surface area contributed by atoms with Gasteiger partial charge in [0.1, 0.15) is 35.3 Å². The quantitative estimate of drug-likeness (QED) is 0.104. The molecule has 2 bridgehead atoms. The van der Waals surface area contributed by atoms with E-state index >= 15 is 0 Å². The molecule has 3 aliphatic heterocycles. The summed E-state index contributed by atoms with van der Waals surface area (Å²) in [5.74, 6) is 0.890. The second kappa shape index (κ2) is 17.4. The maximum Gasteiger partial charge on any atom is 0.328 e. The Morgan fingerprint density at radius 2 is 1.71 bits per heavy atom. The Balaban J connectivity index is 1.09. The van der Waals surface area contributed by atoms with Gasteiger partial charge in [-0.15, -0.1) is 11.3 Å². The average molecular weight is 768 g/mol. The fraction of sp³-hybridized carbons (Fsp3) is 0.425. The zero-order valence-corrected chi connectivity index (χ0v) is 32.3. The number of hydrogen-bond acceptors (Lipinski definition) is 9. The van der Waals surface area contributed by atoms with Crippen LogP contribution in [-0.2, 0) is 45.4 Å². The first kappa shape index (κ1) is 38.1. The summed E-state index contributed by atoms with van der Waals surface area (Å²) in [5.41, 5.74) is 2.28. The largest absolute Gasteiger partial charge is 0.493 e. The topological polar surface area (TPSA) is 90.2 Å². The van der Waals surface area contributed by atoms with Crippen LogP contribution in [0.1, 0.15) is 58.4 Å². The van der Waals surface area contributed by atoms with Crippen molar-refractivity contribution in [2.24, 2.45) is 13.0 Å². The molecule has 0 amide bonds. The monoisotopic (exact) mass is 766 g/mol. The number of esters is 2. The second-order valence-corrected chi connectivity index (χ2v) is 15.7. The summed E-state index contributed by atoms with van der Waals surface area (Å²) in [7, 11) is 4.97. The average Bonchev–Trinajstić information content (AvgIpc) is 3.58. The fourth-order valence-electron chi connectivity index (χ4n) is 7.24. The fourth-order valence-corrected chi connectivity index (χ4v) is 8.96. The van der Waals surface area contributed by atoms with E-state index in [0.29, 0.717) is 52.0 Å². The number of hydrogen-bond donors (Lipinski definition) is 1. The minimum Gasteiger partial charge on any atom is -0.493 e. The number of fused-ring (bicyclic) bond motifs is 3. The van der Waals surface area contributed by atoms with Crippen LogP contribution >= 0.6 is 34.5 Å². The zero-order valence-electron chi connectivity index (χ0n) is 30.0. The number of halogens is 2. The summed E-state index contributed by atoms with van der Waals surface area (Å²) in [6.07, 6.45) is 5.98. The van der Waals surface area contributed by atoms with Gasteiger partial charge in [-0.1, -0.05) is 59.6 Å². The van der Waals surface area contributed by atoms with Crippen molar-refractivity contribution in [2.45, 2.75) is 63.3 Å². The van der Waals surface area contributed by atoms with Crippen LogP contribution in [0.5, 0.6) is 11.5 Å². The predicted molar refractivity (Wildman–Crippen MR) is 202 cm³/mol. The molecule has 6 atom stereocenters. The second-order valence-electron chi connectivity index (χ2n) is 13.6. The van der Waals surface area contributed by atoms with Gasteiger partial charge in [-0.3, -0.25) is 9.69 Å². The molecule has 3 saturated heterocycles. The number of ether oxygens (including phenoxy) is 4. The smallest absolute Gasteiger partial charge is 0.328 e. The number of methoxy groups -OCH3 is 2. The van der Waals surface area contributed by atoms with Gasteiger partial charge >= 0.3 is 11.9 Å². The van der Waals surface area contributed by atoms with Crippen molar-refractivity contribution < 1.29 is 33.1 Å². The van der Waals surface area contributed by atoms with Gasteiger partial charge in [0.15, 0.2) is 23.9 Å². The van der Waals surface area contributed by atoms with Crippen molar-refractivity contribution in [1.29, 1.82) is 0 Å². The standard InChI is InChI=1S/C40H46Cl2N3O6S/c1-25-18-28-15-17-45(25)24-37(28)51-40(47)39(26-8-6-5-7-9-26)43-16-14-29-11-12-30(52-29)20-38(46)50-35(21-31-32(41)22-44(2)23-33(31)42)27-10-13-34(48-3)36(19-27)49-4/h5-13,19,22-23,25,28,35,37,39,43H,14-18,20-21,24H2,1-4H3/q+1. The maximum atomic E-state index is 13.6. The highest BCUT2D eigenvalue weighted by Crippen LogP contribution is 2.36. The van der Waals surface area contributed by atoms with Gasteiger partial charge in [0.05, 0.1) is 20.6 Å². The van der Waals surface area contributed by atoms with Crippen LogP contribution in [0.4, 0.5) is 0 Å². The highest BCUT2D eigenvalue weighted by molar-refractivity contribution is 7.12. The van der Waals surface area contributed by atoms with Gasteiger partial charge < -0.3 is 24.3 Å². The molecule has 52 heavy (non-hydrogen) atoms. The lowest BCUT2D eigenvalue weighted by atomic mass is 9.82. The molecule has 3 fully saturated rings. The number of aryl methyl sites for hydroxylation is 1. The predicted octanol–water partition coefficient (Wildman–Crippen LogP) is 6.87. The molecular weight excluding hydrogens is 721 g/mol. The van der Waals surface area contributed by atoms with E-state index in [1.54, 1.807) is 54.6 Å². The number of pyridine rings is 1. The number of piperidine rings is 3. The van der Waals surface area contributed by atoms with Gasteiger partial charge in [0.25, 0.3) is 0 Å². The summed E-state index contributed by atoms with van der Waals surface area (Å²) in [6.45, 7) is 4.71. The van der Waals surface area contributed by atoms with Crippen LogP contribution in [0.2, 0.25) is 10.0 Å². The third-order valence-corrected chi connectivity index (χ3v) is 11.8. The number of rotatable bonds is 15. The Morgan fingerprint density at radius 3 is 2.38 bits per heavy atom. The zero-order chi connectivity index (χ0) is 36.8. The summed E-state index contributed by atoms with van der Waals surface area (Å²) in [6, 6.07) is 19.1. The van der Waals surface area contributed by atoms with Crippen LogP contribution < -0.4 is 19.4 Å². The lowest BCUT2D eigenvalue weighted by Gasteiger charge is -2.48. The van der Waals surface area contributed by atoms with Crippen molar-refractivity contribution >= 4 is 46.5 Å². The van der Waals surface area contributed by atoms with Gasteiger partial charge in [0, 0.05) is 40.9 Å². The van der Waals surface area contributed by atoms with Crippen molar-refractivity contribution in [3.8, 4) is 11.5 Å². The first-order chi connectivity index (χ1) is 25.1. The number of carbonyl (C=O) groups excluding carboxylic acids is 2. The van der Waals surface area contributed by atoms with Crippen LogP contribution in [0.3, 0.4) is 0 Å². The molecule has 276 valence electrons. The van der Waals surface area contributed by atoms with Gasteiger partial charge in [-0.25, -0.2) is 9.36 Å². The molecule has 2 aromatic carbocycles. The lowest BCUT2D eigenvalue weighted by molar-refractivity contribution is -0.671. The molecule has 0 aliphatic carbocycles. The third-order valence-electron chi connectivity index (χ3n) is 10.0. The van der Waals surface area contributed by atoms with Crippen LogP contribution in [0, 0.1) is 5.92 Å². The normalized spacial score (nSPS) is 20.6. The van der Waals surface area contributed by atoms with Gasteiger partial charge in [-0.05, 0) is 74.0 Å². The van der Waals surface area contributed by atoms with Crippen LogP contribution in [0.25, 0.3) is 0 Å². The summed E-state index contributed by atoms with van der Waals surface area (Å²) in [4.78, 5) is 31.4. The Morgan fingerprint density at radius 1 is 0.981 bits per heavy atom. The van der Waals surface area contributed by atoms with E-state index in [-0.39, 0.29) is 30.9 Å². The molecule has 3 aliphatic rings. The first-order valence-corrected chi connectivity index (χ1v) is 19.2. The molecule has 9 nitrogen and oxygen atoms in total. The van der Waals surface area contributed by atoms with E-state index < -0.39 is 12.1 Å². The molecule has 2 aromatic heterocycles. The number of nitrogens with zero attached hydrogens (tertiary/aromatic N) is 2. The summed E-state index contributed by atoms with van der Waals surface area (Å²) < 4.78 is 25.0. The molecule has 0 radical (unpaired) electrons. The lowest BCUT2D eigenvalue weighted by Crippen LogP contribution is -2.56. The minimum absolute atomic E-state index is 0.0683. The SMILES string of the molecule is COc1ccc(C(Cc2c(Cl)c[n+](C)cc2Cl)OC(=O)Cc2ccc(CCNC(C(=O)OC3CN4CCC3CC4C)c3ccccc3)s2)cc1OC. The molecule has 1 N–H and O–H groups in total. The number of thiophene rings is 1.